The standard InChI is InChI=1S/C14H20N2O2/c1-4-14(7-8-14)9-15-12-6-5-11(10(2)16-12)13(17)18-3/h5-6H,4,7-9H2,1-3H3,(H,15,16). The van der Waals surface area contributed by atoms with Crippen LogP contribution in [-0.2, 0) is 4.74 Å². The Morgan fingerprint density at radius 2 is 2.22 bits per heavy atom. The van der Waals surface area contributed by atoms with Gasteiger partial charge in [0.25, 0.3) is 0 Å². The first-order valence-corrected chi connectivity index (χ1v) is 6.40. The lowest BCUT2D eigenvalue weighted by Crippen LogP contribution is -2.16. The SMILES string of the molecule is CCC1(CNc2ccc(C(=O)OC)c(C)n2)CC1. The van der Waals surface area contributed by atoms with Crippen LogP contribution in [0.5, 0.6) is 0 Å². The number of hydrogen-bond acceptors (Lipinski definition) is 4. The molecule has 2 rings (SSSR count). The van der Waals surface area contributed by atoms with E-state index in [0.29, 0.717) is 16.7 Å². The fraction of sp³-hybridized carbons (Fsp3) is 0.571. The zero-order chi connectivity index (χ0) is 13.2. The Morgan fingerprint density at radius 1 is 1.50 bits per heavy atom. The lowest BCUT2D eigenvalue weighted by molar-refractivity contribution is 0.0599. The van der Waals surface area contributed by atoms with Crippen molar-refractivity contribution in [2.45, 2.75) is 33.1 Å². The van der Waals surface area contributed by atoms with Crippen molar-refractivity contribution < 1.29 is 9.53 Å². The van der Waals surface area contributed by atoms with Gasteiger partial charge in [-0.3, -0.25) is 0 Å². The summed E-state index contributed by atoms with van der Waals surface area (Å²) in [4.78, 5) is 15.8. The lowest BCUT2D eigenvalue weighted by Gasteiger charge is -2.14. The van der Waals surface area contributed by atoms with Gasteiger partial charge in [-0.05, 0) is 43.7 Å². The Kier molecular flexibility index (Phi) is 3.55. The highest BCUT2D eigenvalue weighted by atomic mass is 16.5. The molecule has 0 spiro atoms. The molecule has 0 unspecified atom stereocenters. The third kappa shape index (κ3) is 2.63. The van der Waals surface area contributed by atoms with E-state index in [1.165, 1.54) is 26.4 Å². The Bertz CT molecular complexity index is 453. The van der Waals surface area contributed by atoms with Crippen molar-refractivity contribution in [2.75, 3.05) is 19.0 Å². The number of aromatic nitrogens is 1. The number of rotatable bonds is 5. The van der Waals surface area contributed by atoms with E-state index < -0.39 is 0 Å². The van der Waals surface area contributed by atoms with E-state index in [1.807, 2.05) is 13.0 Å². The number of nitrogens with zero attached hydrogens (tertiary/aromatic N) is 1. The van der Waals surface area contributed by atoms with Gasteiger partial charge in [-0.1, -0.05) is 6.92 Å². The smallest absolute Gasteiger partial charge is 0.339 e. The van der Waals surface area contributed by atoms with E-state index in [1.54, 1.807) is 6.07 Å². The molecule has 4 nitrogen and oxygen atoms in total. The first kappa shape index (κ1) is 12.9. The number of nitrogens with one attached hydrogen (secondary N) is 1. The molecule has 4 heteroatoms. The van der Waals surface area contributed by atoms with Crippen molar-refractivity contribution in [1.82, 2.24) is 4.98 Å². The quantitative estimate of drug-likeness (QED) is 0.814. The number of carbonyl (C=O) groups excluding carboxylic acids is 1. The molecule has 0 aliphatic heterocycles. The number of esters is 1. The predicted octanol–water partition coefficient (Wildman–Crippen LogP) is 2.78. The Balaban J connectivity index is 2.02. The first-order valence-electron chi connectivity index (χ1n) is 6.40. The number of aryl methyl sites for hydroxylation is 1. The highest BCUT2D eigenvalue weighted by Gasteiger charge is 2.40. The van der Waals surface area contributed by atoms with Gasteiger partial charge in [-0.15, -0.1) is 0 Å². The molecule has 0 atom stereocenters. The molecule has 98 valence electrons. The van der Waals surface area contributed by atoms with Gasteiger partial charge in [0, 0.05) is 6.54 Å². The lowest BCUT2D eigenvalue weighted by atomic mass is 10.0. The van der Waals surface area contributed by atoms with Crippen molar-refractivity contribution in [1.29, 1.82) is 0 Å². The topological polar surface area (TPSA) is 51.2 Å². The van der Waals surface area contributed by atoms with E-state index in [9.17, 15) is 4.79 Å². The van der Waals surface area contributed by atoms with Crippen LogP contribution in [0.2, 0.25) is 0 Å². The summed E-state index contributed by atoms with van der Waals surface area (Å²) in [6.45, 7) is 5.02. The summed E-state index contributed by atoms with van der Waals surface area (Å²) >= 11 is 0. The van der Waals surface area contributed by atoms with Crippen LogP contribution in [0.15, 0.2) is 12.1 Å². The minimum Gasteiger partial charge on any atom is -0.465 e. The summed E-state index contributed by atoms with van der Waals surface area (Å²) in [5, 5.41) is 3.36. The molecule has 0 radical (unpaired) electrons. The number of carbonyl (C=O) groups is 1. The molecule has 0 saturated heterocycles. The third-order valence-corrected chi connectivity index (χ3v) is 3.84. The Labute approximate surface area is 108 Å². The normalized spacial score (nSPS) is 16.2. The molecular formula is C14H20N2O2. The number of anilines is 1. The number of ether oxygens (including phenoxy) is 1. The highest BCUT2D eigenvalue weighted by molar-refractivity contribution is 5.90. The van der Waals surface area contributed by atoms with E-state index in [0.717, 1.165) is 12.4 Å². The number of methoxy groups -OCH3 is 1. The molecule has 18 heavy (non-hydrogen) atoms. The van der Waals surface area contributed by atoms with E-state index >= 15 is 0 Å². The van der Waals surface area contributed by atoms with Crippen LogP contribution < -0.4 is 5.32 Å². The van der Waals surface area contributed by atoms with E-state index in [2.05, 4.69) is 17.2 Å². The van der Waals surface area contributed by atoms with Crippen LogP contribution in [0.25, 0.3) is 0 Å². The molecule has 1 aliphatic carbocycles. The first-order chi connectivity index (χ1) is 8.60. The fourth-order valence-corrected chi connectivity index (χ4v) is 2.10. The van der Waals surface area contributed by atoms with Crippen molar-refractivity contribution in [3.8, 4) is 0 Å². The number of hydrogen-bond donors (Lipinski definition) is 1. The summed E-state index contributed by atoms with van der Waals surface area (Å²) in [5.41, 5.74) is 1.71. The van der Waals surface area contributed by atoms with Crippen LogP contribution in [0, 0.1) is 12.3 Å². The molecule has 1 aromatic rings. The maximum Gasteiger partial charge on any atom is 0.339 e. The van der Waals surface area contributed by atoms with Gasteiger partial charge < -0.3 is 10.1 Å². The van der Waals surface area contributed by atoms with Crippen molar-refractivity contribution in [3.05, 3.63) is 23.4 Å². The molecule has 1 aliphatic rings. The third-order valence-electron chi connectivity index (χ3n) is 3.84. The second-order valence-corrected chi connectivity index (χ2v) is 5.03. The molecule has 1 saturated carbocycles. The number of pyridine rings is 1. The van der Waals surface area contributed by atoms with Crippen LogP contribution in [0.4, 0.5) is 5.82 Å². The van der Waals surface area contributed by atoms with Gasteiger partial charge in [-0.2, -0.15) is 0 Å². The van der Waals surface area contributed by atoms with E-state index in [4.69, 9.17) is 4.74 Å². The second-order valence-electron chi connectivity index (χ2n) is 5.03. The maximum atomic E-state index is 11.4. The summed E-state index contributed by atoms with van der Waals surface area (Å²) in [6.07, 6.45) is 3.81. The predicted molar refractivity (Wildman–Crippen MR) is 70.8 cm³/mol. The minimum atomic E-state index is -0.334. The average Bonchev–Trinajstić information content (AvgIpc) is 3.16. The summed E-state index contributed by atoms with van der Waals surface area (Å²) < 4.78 is 4.70. The van der Waals surface area contributed by atoms with Crippen molar-refractivity contribution in [3.63, 3.8) is 0 Å². The highest BCUT2D eigenvalue weighted by Crippen LogP contribution is 2.48. The van der Waals surface area contributed by atoms with Gasteiger partial charge in [-0.25, -0.2) is 9.78 Å². The summed E-state index contributed by atoms with van der Waals surface area (Å²) in [5.74, 6) is 0.499. The van der Waals surface area contributed by atoms with Crippen LogP contribution in [0.3, 0.4) is 0 Å². The molecule has 1 heterocycles. The van der Waals surface area contributed by atoms with Crippen LogP contribution >= 0.6 is 0 Å². The van der Waals surface area contributed by atoms with E-state index in [-0.39, 0.29) is 5.97 Å². The average molecular weight is 248 g/mol. The molecule has 0 bridgehead atoms. The zero-order valence-corrected chi connectivity index (χ0v) is 11.2. The largest absolute Gasteiger partial charge is 0.465 e. The molecular weight excluding hydrogens is 228 g/mol. The fourth-order valence-electron chi connectivity index (χ4n) is 2.10. The molecule has 0 aromatic carbocycles. The van der Waals surface area contributed by atoms with Crippen molar-refractivity contribution >= 4 is 11.8 Å². The molecule has 0 amide bonds. The monoisotopic (exact) mass is 248 g/mol. The van der Waals surface area contributed by atoms with Gasteiger partial charge in [0.05, 0.1) is 18.4 Å². The van der Waals surface area contributed by atoms with Crippen molar-refractivity contribution in [2.24, 2.45) is 5.41 Å². The van der Waals surface area contributed by atoms with Gasteiger partial charge in [0.1, 0.15) is 5.82 Å². The summed E-state index contributed by atoms with van der Waals surface area (Å²) in [6, 6.07) is 3.60. The maximum absolute atomic E-state index is 11.4. The Hall–Kier alpha value is -1.58. The second kappa shape index (κ2) is 4.96. The van der Waals surface area contributed by atoms with Gasteiger partial charge >= 0.3 is 5.97 Å². The molecule has 1 fully saturated rings. The van der Waals surface area contributed by atoms with Crippen LogP contribution in [-0.4, -0.2) is 24.6 Å². The van der Waals surface area contributed by atoms with Gasteiger partial charge in [0.15, 0.2) is 0 Å². The summed E-state index contributed by atoms with van der Waals surface area (Å²) in [7, 11) is 1.38. The minimum absolute atomic E-state index is 0.334. The van der Waals surface area contributed by atoms with Gasteiger partial charge in [0.2, 0.25) is 0 Å². The molecule has 1 N–H and O–H groups in total. The Morgan fingerprint density at radius 3 is 2.72 bits per heavy atom. The molecule has 1 aromatic heterocycles. The van der Waals surface area contributed by atoms with Crippen LogP contribution in [0.1, 0.15) is 42.2 Å². The zero-order valence-electron chi connectivity index (χ0n) is 11.2.